The van der Waals surface area contributed by atoms with Crippen molar-refractivity contribution in [3.05, 3.63) is 144 Å². The van der Waals surface area contributed by atoms with Crippen LogP contribution in [0.1, 0.15) is 41.6 Å². The number of rotatable bonds is 3. The van der Waals surface area contributed by atoms with Crippen molar-refractivity contribution in [3.8, 4) is 23.6 Å². The van der Waals surface area contributed by atoms with Crippen LogP contribution in [0.25, 0.3) is 77.7 Å². The van der Waals surface area contributed by atoms with Crippen LogP contribution in [-0.2, 0) is 0 Å². The van der Waals surface area contributed by atoms with E-state index in [0.29, 0.717) is 12.0 Å². The van der Waals surface area contributed by atoms with Crippen molar-refractivity contribution in [2.24, 2.45) is 0 Å². The highest BCUT2D eigenvalue weighted by Gasteiger charge is 2.25. The third-order valence-electron chi connectivity index (χ3n) is 9.88. The lowest BCUT2D eigenvalue weighted by Gasteiger charge is -2.23. The lowest BCUT2D eigenvalue weighted by molar-refractivity contribution is 0.669. The van der Waals surface area contributed by atoms with Gasteiger partial charge in [0.1, 0.15) is 16.9 Å². The van der Waals surface area contributed by atoms with E-state index in [2.05, 4.69) is 130 Å². The number of hydrogen-bond donors (Lipinski definition) is 0. The maximum atomic E-state index is 10.2. The van der Waals surface area contributed by atoms with Crippen LogP contribution in [0.15, 0.2) is 126 Å². The first-order valence-corrected chi connectivity index (χ1v) is 16.4. The number of fused-ring (bicyclic) bond motifs is 9. The second-order valence-corrected chi connectivity index (χ2v) is 12.5. The minimum atomic E-state index is 0.613. The predicted molar refractivity (Wildman–Crippen MR) is 197 cm³/mol. The summed E-state index contributed by atoms with van der Waals surface area (Å²) in [5.74, 6) is 6.89. The summed E-state index contributed by atoms with van der Waals surface area (Å²) >= 11 is 0. The van der Waals surface area contributed by atoms with Gasteiger partial charge in [-0.25, -0.2) is 0 Å². The van der Waals surface area contributed by atoms with Gasteiger partial charge < -0.3 is 13.6 Å². The molecule has 3 aromatic heterocycles. The van der Waals surface area contributed by atoms with Crippen LogP contribution in [0.5, 0.6) is 0 Å². The maximum absolute atomic E-state index is 10.2. The molecule has 10 rings (SSSR count). The molecule has 0 unspecified atom stereocenters. The third-order valence-corrected chi connectivity index (χ3v) is 9.88. The standard InChI is InChI=1S/C44H27N3O/c45-27-28-22-23-33(31-15-6-10-20-39(31)46-37-18-8-4-13-29(37)30-14-5-9-19-38(30)46)41(24-28)47-40-17-3-1-2-12-32(40)35-26-44-36(25-42(35)47)34-16-7-11-21-43(34)48-44/h2,4-5,7-14,16,18-26H,1,6,15H2. The Kier molecular flexibility index (Phi) is 5.71. The Morgan fingerprint density at radius 2 is 1.44 bits per heavy atom. The molecule has 0 saturated heterocycles. The zero-order valence-electron chi connectivity index (χ0n) is 26.0. The minimum Gasteiger partial charge on any atom is -0.456 e. The van der Waals surface area contributed by atoms with E-state index in [1.54, 1.807) is 0 Å². The third kappa shape index (κ3) is 3.78. The van der Waals surface area contributed by atoms with Gasteiger partial charge >= 0.3 is 0 Å². The molecule has 3 heterocycles. The molecule has 5 aromatic carbocycles. The largest absolute Gasteiger partial charge is 0.456 e. The van der Waals surface area contributed by atoms with Gasteiger partial charge in [0.05, 0.1) is 33.9 Å². The molecule has 0 bridgehead atoms. The molecule has 0 spiro atoms. The lowest BCUT2D eigenvalue weighted by Crippen LogP contribution is -2.07. The Hall–Kier alpha value is -6.49. The van der Waals surface area contributed by atoms with Gasteiger partial charge in [-0.2, -0.15) is 5.26 Å². The second-order valence-electron chi connectivity index (χ2n) is 12.5. The Balaban J connectivity index is 1.33. The number of hydrogen-bond acceptors (Lipinski definition) is 2. The first kappa shape index (κ1) is 26.7. The number of aromatic nitrogens is 2. The average Bonchev–Trinajstić information content (AvgIpc) is 3.69. The Labute approximate surface area is 276 Å². The van der Waals surface area contributed by atoms with Gasteiger partial charge in [-0.15, -0.1) is 0 Å². The van der Waals surface area contributed by atoms with Crippen molar-refractivity contribution in [3.63, 3.8) is 0 Å². The zero-order chi connectivity index (χ0) is 31.8. The smallest absolute Gasteiger partial charge is 0.136 e. The Morgan fingerprint density at radius 3 is 2.25 bits per heavy atom. The van der Waals surface area contributed by atoms with Crippen LogP contribution in [0.2, 0.25) is 0 Å². The molecule has 48 heavy (non-hydrogen) atoms. The minimum absolute atomic E-state index is 0.613. The molecule has 4 heteroatoms. The summed E-state index contributed by atoms with van der Waals surface area (Å²) < 4.78 is 11.1. The number of nitriles is 1. The monoisotopic (exact) mass is 613 g/mol. The van der Waals surface area contributed by atoms with Crippen LogP contribution in [0.4, 0.5) is 0 Å². The highest BCUT2D eigenvalue weighted by molar-refractivity contribution is 6.13. The van der Waals surface area contributed by atoms with Crippen molar-refractivity contribution in [2.45, 2.75) is 19.3 Å². The number of nitrogens with zero attached hydrogens (tertiary/aromatic N) is 3. The normalized spacial score (nSPS) is 14.1. The van der Waals surface area contributed by atoms with Crippen molar-refractivity contribution in [1.29, 1.82) is 5.26 Å². The van der Waals surface area contributed by atoms with Crippen LogP contribution >= 0.6 is 0 Å². The van der Waals surface area contributed by atoms with E-state index in [0.717, 1.165) is 73.9 Å². The van der Waals surface area contributed by atoms with Gasteiger partial charge in [0, 0.05) is 50.2 Å². The van der Waals surface area contributed by atoms with E-state index >= 15 is 0 Å². The summed E-state index contributed by atoms with van der Waals surface area (Å²) in [6, 6.07) is 38.5. The molecule has 0 fully saturated rings. The molecule has 0 saturated carbocycles. The number of furan rings is 1. The lowest BCUT2D eigenvalue weighted by atomic mass is 9.92. The Morgan fingerprint density at radius 1 is 0.667 bits per heavy atom. The molecule has 2 aliphatic carbocycles. The summed E-state index contributed by atoms with van der Waals surface area (Å²) in [6.07, 6.45) is 11.3. The summed E-state index contributed by atoms with van der Waals surface area (Å²) in [5, 5.41) is 15.9. The van der Waals surface area contributed by atoms with Gasteiger partial charge in [0.25, 0.3) is 0 Å². The van der Waals surface area contributed by atoms with E-state index in [1.165, 1.54) is 27.4 Å². The fourth-order valence-corrected chi connectivity index (χ4v) is 7.80. The number of allylic oxidation sites excluding steroid dienone is 5. The SMILES string of the molecule is N#Cc1ccc(C2=C(n3c4ccccc4c4ccccc43)C=CCC2)c(-n2c3c(c4cc5oc6ccccc6c5cc42)C=CCC#C3)c1. The van der Waals surface area contributed by atoms with Gasteiger partial charge in [-0.05, 0) is 72.9 Å². The summed E-state index contributed by atoms with van der Waals surface area (Å²) in [7, 11) is 0. The molecule has 4 nitrogen and oxygen atoms in total. The topological polar surface area (TPSA) is 46.8 Å². The summed E-state index contributed by atoms with van der Waals surface area (Å²) in [5.41, 5.74) is 12.2. The molecule has 0 N–H and O–H groups in total. The molecular weight excluding hydrogens is 587 g/mol. The van der Waals surface area contributed by atoms with Gasteiger partial charge in [-0.3, -0.25) is 0 Å². The first-order valence-electron chi connectivity index (χ1n) is 16.4. The van der Waals surface area contributed by atoms with Gasteiger partial charge in [-0.1, -0.05) is 84.8 Å². The van der Waals surface area contributed by atoms with Gasteiger partial charge in [0.2, 0.25) is 0 Å². The van der Waals surface area contributed by atoms with Crippen LogP contribution in [-0.4, -0.2) is 9.13 Å². The quantitative estimate of drug-likeness (QED) is 0.186. The van der Waals surface area contributed by atoms with Crippen LogP contribution < -0.4 is 0 Å². The van der Waals surface area contributed by atoms with E-state index in [4.69, 9.17) is 4.42 Å². The molecule has 224 valence electrons. The molecule has 0 amide bonds. The Bertz CT molecular complexity index is 2830. The molecule has 2 aliphatic rings. The van der Waals surface area contributed by atoms with Crippen molar-refractivity contribution >= 4 is 72.0 Å². The second kappa shape index (κ2) is 10.3. The van der Waals surface area contributed by atoms with Gasteiger partial charge in [0.15, 0.2) is 0 Å². The highest BCUT2D eigenvalue weighted by Crippen LogP contribution is 2.43. The van der Waals surface area contributed by atoms with Crippen molar-refractivity contribution < 1.29 is 4.42 Å². The highest BCUT2D eigenvalue weighted by atomic mass is 16.3. The van der Waals surface area contributed by atoms with Crippen molar-refractivity contribution in [1.82, 2.24) is 9.13 Å². The molecular formula is C44H27N3O. The maximum Gasteiger partial charge on any atom is 0.136 e. The van der Waals surface area contributed by atoms with E-state index in [1.807, 2.05) is 24.3 Å². The van der Waals surface area contributed by atoms with Crippen LogP contribution in [0.3, 0.4) is 0 Å². The molecule has 0 aliphatic heterocycles. The average molecular weight is 614 g/mol. The van der Waals surface area contributed by atoms with Crippen LogP contribution in [0, 0.1) is 23.2 Å². The van der Waals surface area contributed by atoms with E-state index in [9.17, 15) is 5.26 Å². The molecule has 8 aromatic rings. The van der Waals surface area contributed by atoms with Crippen molar-refractivity contribution in [2.75, 3.05) is 0 Å². The van der Waals surface area contributed by atoms with E-state index < -0.39 is 0 Å². The fraction of sp³-hybridized carbons (Fsp3) is 0.0682. The first-order chi connectivity index (χ1) is 23.8. The molecule has 0 atom stereocenters. The fourth-order valence-electron chi connectivity index (χ4n) is 7.80. The summed E-state index contributed by atoms with van der Waals surface area (Å²) in [4.78, 5) is 0. The number of para-hydroxylation sites is 3. The zero-order valence-corrected chi connectivity index (χ0v) is 26.0. The number of benzene rings is 5. The predicted octanol–water partition coefficient (Wildman–Crippen LogP) is 11.0. The van der Waals surface area contributed by atoms with E-state index in [-0.39, 0.29) is 0 Å². The molecule has 0 radical (unpaired) electrons. The summed E-state index contributed by atoms with van der Waals surface area (Å²) in [6.45, 7) is 0.